The van der Waals surface area contributed by atoms with E-state index in [1.807, 2.05) is 0 Å². The van der Waals surface area contributed by atoms with Crippen molar-refractivity contribution in [1.29, 1.82) is 0 Å². The van der Waals surface area contributed by atoms with Gasteiger partial charge in [0.1, 0.15) is 0 Å². The molecule has 0 aromatic heterocycles. The number of nitrogens with one attached hydrogen (secondary N) is 3. The summed E-state index contributed by atoms with van der Waals surface area (Å²) in [5, 5.41) is 9.12. The Labute approximate surface area is 130 Å². The summed E-state index contributed by atoms with van der Waals surface area (Å²) < 4.78 is 0. The van der Waals surface area contributed by atoms with E-state index in [0.717, 1.165) is 37.9 Å². The van der Waals surface area contributed by atoms with Gasteiger partial charge in [0.2, 0.25) is 5.91 Å². The first-order valence-corrected chi connectivity index (χ1v) is 8.07. The Morgan fingerprint density at radius 2 is 1.86 bits per heavy atom. The van der Waals surface area contributed by atoms with Crippen molar-refractivity contribution in [3.05, 3.63) is 29.8 Å². The molecule has 2 atom stereocenters. The van der Waals surface area contributed by atoms with E-state index in [0.29, 0.717) is 17.5 Å². The minimum atomic E-state index is -0.124. The van der Waals surface area contributed by atoms with Crippen LogP contribution in [0, 0.1) is 5.92 Å². The van der Waals surface area contributed by atoms with Crippen LogP contribution < -0.4 is 16.0 Å². The van der Waals surface area contributed by atoms with Gasteiger partial charge in [0.05, 0.1) is 6.04 Å². The number of hydrogen-bond donors (Lipinski definition) is 3. The first-order chi connectivity index (χ1) is 10.6. The van der Waals surface area contributed by atoms with E-state index in [9.17, 15) is 9.59 Å². The molecule has 0 radical (unpaired) electrons. The maximum absolute atomic E-state index is 12.2. The average Bonchev–Trinajstić information content (AvgIpc) is 3.32. The topological polar surface area (TPSA) is 70.2 Å². The molecule has 1 saturated carbocycles. The fourth-order valence-electron chi connectivity index (χ4n) is 2.74. The van der Waals surface area contributed by atoms with Crippen LogP contribution in [0.4, 0.5) is 5.69 Å². The zero-order valence-corrected chi connectivity index (χ0v) is 12.9. The first kappa shape index (κ1) is 15.0. The van der Waals surface area contributed by atoms with Crippen molar-refractivity contribution in [1.82, 2.24) is 10.6 Å². The van der Waals surface area contributed by atoms with Crippen molar-refractivity contribution < 1.29 is 9.59 Å². The SMILES string of the molecule is CC1CCNC(C(=O)Nc2ccc(C(=O)NC3CC3)cc2)C1. The van der Waals surface area contributed by atoms with Crippen LogP contribution in [0.3, 0.4) is 0 Å². The highest BCUT2D eigenvalue weighted by Crippen LogP contribution is 2.20. The minimum absolute atomic E-state index is 0.00160. The summed E-state index contributed by atoms with van der Waals surface area (Å²) >= 11 is 0. The Morgan fingerprint density at radius 1 is 1.14 bits per heavy atom. The number of anilines is 1. The van der Waals surface area contributed by atoms with Crippen molar-refractivity contribution >= 4 is 17.5 Å². The molecule has 0 bridgehead atoms. The zero-order chi connectivity index (χ0) is 15.5. The molecule has 3 N–H and O–H groups in total. The Hall–Kier alpha value is -1.88. The van der Waals surface area contributed by atoms with Crippen LogP contribution in [0.25, 0.3) is 0 Å². The van der Waals surface area contributed by atoms with Gasteiger partial charge in [-0.15, -0.1) is 0 Å². The Bertz CT molecular complexity index is 552. The third-order valence-electron chi connectivity index (χ3n) is 4.31. The molecule has 5 heteroatoms. The van der Waals surface area contributed by atoms with Crippen LogP contribution in [0.15, 0.2) is 24.3 Å². The van der Waals surface area contributed by atoms with Crippen molar-refractivity contribution in [3.63, 3.8) is 0 Å². The Kier molecular flexibility index (Phi) is 4.43. The molecular weight excluding hydrogens is 278 g/mol. The van der Waals surface area contributed by atoms with Gasteiger partial charge in [0.15, 0.2) is 0 Å². The molecule has 5 nitrogen and oxygen atoms in total. The molecule has 1 aromatic rings. The number of carbonyl (C=O) groups is 2. The fraction of sp³-hybridized carbons (Fsp3) is 0.529. The minimum Gasteiger partial charge on any atom is -0.349 e. The van der Waals surface area contributed by atoms with Crippen molar-refractivity contribution in [3.8, 4) is 0 Å². The van der Waals surface area contributed by atoms with Crippen molar-refractivity contribution in [2.75, 3.05) is 11.9 Å². The molecule has 22 heavy (non-hydrogen) atoms. The van der Waals surface area contributed by atoms with E-state index in [1.165, 1.54) is 0 Å². The van der Waals surface area contributed by atoms with E-state index in [4.69, 9.17) is 0 Å². The summed E-state index contributed by atoms with van der Waals surface area (Å²) in [5.41, 5.74) is 1.36. The molecule has 118 valence electrons. The highest BCUT2D eigenvalue weighted by molar-refractivity contribution is 5.97. The summed E-state index contributed by atoms with van der Waals surface area (Å²) in [4.78, 5) is 24.1. The monoisotopic (exact) mass is 301 g/mol. The maximum Gasteiger partial charge on any atom is 0.251 e. The van der Waals surface area contributed by atoms with Gasteiger partial charge in [-0.1, -0.05) is 6.92 Å². The van der Waals surface area contributed by atoms with Crippen LogP contribution >= 0.6 is 0 Å². The van der Waals surface area contributed by atoms with E-state index in [1.54, 1.807) is 24.3 Å². The third kappa shape index (κ3) is 3.85. The number of rotatable bonds is 4. The maximum atomic E-state index is 12.2. The van der Waals surface area contributed by atoms with Gasteiger partial charge in [0, 0.05) is 17.3 Å². The summed E-state index contributed by atoms with van der Waals surface area (Å²) in [6.45, 7) is 3.06. The van der Waals surface area contributed by atoms with Gasteiger partial charge < -0.3 is 16.0 Å². The molecule has 1 aromatic carbocycles. The van der Waals surface area contributed by atoms with E-state index >= 15 is 0 Å². The molecule has 3 rings (SSSR count). The lowest BCUT2D eigenvalue weighted by molar-refractivity contribution is -0.119. The summed E-state index contributed by atoms with van der Waals surface area (Å²) in [7, 11) is 0. The molecule has 1 saturated heterocycles. The van der Waals surface area contributed by atoms with Crippen LogP contribution in [0.5, 0.6) is 0 Å². The average molecular weight is 301 g/mol. The van der Waals surface area contributed by atoms with E-state index in [-0.39, 0.29) is 17.9 Å². The Morgan fingerprint density at radius 3 is 2.50 bits per heavy atom. The second kappa shape index (κ2) is 6.48. The fourth-order valence-corrected chi connectivity index (χ4v) is 2.74. The van der Waals surface area contributed by atoms with E-state index in [2.05, 4.69) is 22.9 Å². The van der Waals surface area contributed by atoms with Crippen LogP contribution in [0.1, 0.15) is 43.0 Å². The summed E-state index contributed by atoms with van der Waals surface area (Å²) in [6.07, 6.45) is 4.14. The highest BCUT2D eigenvalue weighted by Gasteiger charge is 2.25. The van der Waals surface area contributed by atoms with Crippen LogP contribution in [-0.4, -0.2) is 30.4 Å². The molecule has 1 aliphatic heterocycles. The predicted octanol–water partition coefficient (Wildman–Crippen LogP) is 1.91. The second-order valence-electron chi connectivity index (χ2n) is 6.45. The number of amides is 2. The molecule has 1 aliphatic carbocycles. The lowest BCUT2D eigenvalue weighted by atomic mass is 9.94. The van der Waals surface area contributed by atoms with Crippen LogP contribution in [-0.2, 0) is 4.79 Å². The summed E-state index contributed by atoms with van der Waals surface area (Å²) in [6, 6.07) is 7.31. The molecular formula is C17H23N3O2. The Balaban J connectivity index is 1.55. The molecule has 1 heterocycles. The molecule has 2 unspecified atom stereocenters. The molecule has 2 aliphatic rings. The van der Waals surface area contributed by atoms with Gasteiger partial charge in [-0.25, -0.2) is 0 Å². The van der Waals surface area contributed by atoms with E-state index < -0.39 is 0 Å². The highest BCUT2D eigenvalue weighted by atomic mass is 16.2. The van der Waals surface area contributed by atoms with Gasteiger partial charge >= 0.3 is 0 Å². The van der Waals surface area contributed by atoms with Gasteiger partial charge in [-0.2, -0.15) is 0 Å². The number of piperidine rings is 1. The third-order valence-corrected chi connectivity index (χ3v) is 4.31. The molecule has 0 spiro atoms. The number of hydrogen-bond acceptors (Lipinski definition) is 3. The lowest BCUT2D eigenvalue weighted by Gasteiger charge is -2.27. The van der Waals surface area contributed by atoms with Crippen LogP contribution in [0.2, 0.25) is 0 Å². The van der Waals surface area contributed by atoms with Gasteiger partial charge in [-0.3, -0.25) is 9.59 Å². The number of carbonyl (C=O) groups excluding carboxylic acids is 2. The van der Waals surface area contributed by atoms with Gasteiger partial charge in [-0.05, 0) is 62.4 Å². The largest absolute Gasteiger partial charge is 0.349 e. The first-order valence-electron chi connectivity index (χ1n) is 8.07. The zero-order valence-electron chi connectivity index (χ0n) is 12.9. The van der Waals surface area contributed by atoms with Crippen molar-refractivity contribution in [2.24, 2.45) is 5.92 Å². The normalized spacial score (nSPS) is 24.6. The molecule has 2 fully saturated rings. The predicted molar refractivity (Wildman–Crippen MR) is 85.7 cm³/mol. The van der Waals surface area contributed by atoms with Crippen molar-refractivity contribution in [2.45, 2.75) is 44.7 Å². The standard InChI is InChI=1S/C17H23N3O2/c1-11-8-9-18-15(10-11)17(22)20-13-4-2-12(3-5-13)16(21)19-14-6-7-14/h2-5,11,14-15,18H,6-10H2,1H3,(H,19,21)(H,20,22). The number of benzene rings is 1. The second-order valence-corrected chi connectivity index (χ2v) is 6.45. The smallest absolute Gasteiger partial charge is 0.251 e. The quantitative estimate of drug-likeness (QED) is 0.795. The lowest BCUT2D eigenvalue weighted by Crippen LogP contribution is -2.45. The summed E-state index contributed by atoms with van der Waals surface area (Å²) in [5.74, 6) is 0.537. The van der Waals surface area contributed by atoms with Gasteiger partial charge in [0.25, 0.3) is 5.91 Å². The molecule has 2 amide bonds.